The molecule has 2 N–H and O–H groups in total. The van der Waals surface area contributed by atoms with Crippen LogP contribution in [0.3, 0.4) is 0 Å². The number of ether oxygens (including phenoxy) is 1. The van der Waals surface area contributed by atoms with Crippen LogP contribution in [0.5, 0.6) is 0 Å². The maximum atomic E-state index is 6.14. The number of nitrogens with two attached hydrogens (primary N) is 1. The van der Waals surface area contributed by atoms with Gasteiger partial charge < -0.3 is 15.4 Å². The van der Waals surface area contributed by atoms with Crippen molar-refractivity contribution in [3.05, 3.63) is 48.7 Å². The summed E-state index contributed by atoms with van der Waals surface area (Å²) in [6.07, 6.45) is 2.86. The zero-order valence-corrected chi connectivity index (χ0v) is 13.4. The minimum atomic E-state index is 0.711. The minimum Gasteiger partial charge on any atom is -0.396 e. The highest BCUT2D eigenvalue weighted by molar-refractivity contribution is 5.70. The van der Waals surface area contributed by atoms with E-state index in [9.17, 15) is 0 Å². The standard InChI is InChI=1S/C18H24N4O/c19-17-8-4-9-20-18(17)22(16-6-2-1-3-7-16)11-5-10-21-12-14-23-15-13-21/h1-4,6-9H,5,10-15,19H2. The van der Waals surface area contributed by atoms with Gasteiger partial charge in [-0.05, 0) is 30.7 Å². The summed E-state index contributed by atoms with van der Waals surface area (Å²) >= 11 is 0. The van der Waals surface area contributed by atoms with E-state index < -0.39 is 0 Å². The molecule has 1 aromatic carbocycles. The zero-order valence-electron chi connectivity index (χ0n) is 13.4. The summed E-state index contributed by atoms with van der Waals surface area (Å²) in [5.74, 6) is 0.834. The van der Waals surface area contributed by atoms with Crippen LogP contribution in [0.15, 0.2) is 48.7 Å². The number of pyridine rings is 1. The van der Waals surface area contributed by atoms with Gasteiger partial charge in [-0.3, -0.25) is 4.90 Å². The molecule has 0 radical (unpaired) electrons. The highest BCUT2D eigenvalue weighted by Gasteiger charge is 2.15. The predicted octanol–water partition coefficient (Wildman–Crippen LogP) is 2.52. The Kier molecular flexibility index (Phi) is 5.45. The smallest absolute Gasteiger partial charge is 0.156 e. The van der Waals surface area contributed by atoms with Crippen LogP contribution >= 0.6 is 0 Å². The summed E-state index contributed by atoms with van der Waals surface area (Å²) in [7, 11) is 0. The summed E-state index contributed by atoms with van der Waals surface area (Å²) in [5.41, 5.74) is 7.98. The number of hydrogen-bond acceptors (Lipinski definition) is 5. The van der Waals surface area contributed by atoms with Crippen LogP contribution in [-0.2, 0) is 4.74 Å². The van der Waals surface area contributed by atoms with E-state index in [2.05, 4.69) is 26.9 Å². The second kappa shape index (κ2) is 7.94. The molecule has 122 valence electrons. The lowest BCUT2D eigenvalue weighted by atomic mass is 10.2. The largest absolute Gasteiger partial charge is 0.396 e. The molecule has 0 bridgehead atoms. The Morgan fingerprint density at radius 3 is 2.61 bits per heavy atom. The number of para-hydroxylation sites is 1. The monoisotopic (exact) mass is 312 g/mol. The van der Waals surface area contributed by atoms with Crippen molar-refractivity contribution in [2.24, 2.45) is 0 Å². The Morgan fingerprint density at radius 1 is 1.09 bits per heavy atom. The topological polar surface area (TPSA) is 54.6 Å². The number of anilines is 3. The normalized spacial score (nSPS) is 15.5. The summed E-state index contributed by atoms with van der Waals surface area (Å²) < 4.78 is 5.40. The van der Waals surface area contributed by atoms with E-state index in [4.69, 9.17) is 10.5 Å². The Labute approximate surface area is 137 Å². The Hall–Kier alpha value is -2.11. The highest BCUT2D eigenvalue weighted by atomic mass is 16.5. The fourth-order valence-electron chi connectivity index (χ4n) is 2.88. The van der Waals surface area contributed by atoms with Gasteiger partial charge in [0.1, 0.15) is 0 Å². The van der Waals surface area contributed by atoms with Gasteiger partial charge >= 0.3 is 0 Å². The van der Waals surface area contributed by atoms with Crippen LogP contribution in [0, 0.1) is 0 Å². The number of nitrogens with zero attached hydrogens (tertiary/aromatic N) is 3. The van der Waals surface area contributed by atoms with Crippen molar-refractivity contribution in [1.29, 1.82) is 0 Å². The van der Waals surface area contributed by atoms with Gasteiger partial charge in [-0.25, -0.2) is 4.98 Å². The van der Waals surface area contributed by atoms with Crippen LogP contribution in [0.1, 0.15) is 6.42 Å². The van der Waals surface area contributed by atoms with Gasteiger partial charge in [0.25, 0.3) is 0 Å². The van der Waals surface area contributed by atoms with Crippen molar-refractivity contribution >= 4 is 17.2 Å². The average Bonchev–Trinajstić information content (AvgIpc) is 2.61. The average molecular weight is 312 g/mol. The highest BCUT2D eigenvalue weighted by Crippen LogP contribution is 2.27. The molecule has 1 fully saturated rings. The van der Waals surface area contributed by atoms with Gasteiger partial charge in [-0.2, -0.15) is 0 Å². The Balaban J connectivity index is 1.69. The van der Waals surface area contributed by atoms with Gasteiger partial charge in [0.15, 0.2) is 5.82 Å². The van der Waals surface area contributed by atoms with E-state index in [-0.39, 0.29) is 0 Å². The van der Waals surface area contributed by atoms with E-state index >= 15 is 0 Å². The molecule has 5 nitrogen and oxygen atoms in total. The fraction of sp³-hybridized carbons (Fsp3) is 0.389. The lowest BCUT2D eigenvalue weighted by Gasteiger charge is -2.29. The van der Waals surface area contributed by atoms with Crippen LogP contribution in [-0.4, -0.2) is 49.3 Å². The van der Waals surface area contributed by atoms with Crippen LogP contribution in [0.25, 0.3) is 0 Å². The number of nitrogen functional groups attached to an aromatic ring is 1. The Bertz CT molecular complexity index is 599. The van der Waals surface area contributed by atoms with Crippen LogP contribution in [0.2, 0.25) is 0 Å². The molecule has 0 atom stereocenters. The lowest BCUT2D eigenvalue weighted by molar-refractivity contribution is 0.0377. The summed E-state index contributed by atoms with van der Waals surface area (Å²) in [6, 6.07) is 14.1. The third kappa shape index (κ3) is 4.21. The number of hydrogen-bond donors (Lipinski definition) is 1. The van der Waals surface area contributed by atoms with Gasteiger partial charge in [0, 0.05) is 38.1 Å². The van der Waals surface area contributed by atoms with E-state index in [0.29, 0.717) is 5.69 Å². The van der Waals surface area contributed by atoms with Gasteiger partial charge in [-0.15, -0.1) is 0 Å². The molecule has 0 saturated carbocycles. The number of morpholine rings is 1. The SMILES string of the molecule is Nc1cccnc1N(CCCN1CCOCC1)c1ccccc1. The Morgan fingerprint density at radius 2 is 1.87 bits per heavy atom. The molecule has 23 heavy (non-hydrogen) atoms. The number of rotatable bonds is 6. The molecule has 0 spiro atoms. The van der Waals surface area contributed by atoms with Crippen molar-refractivity contribution in [2.45, 2.75) is 6.42 Å². The summed E-state index contributed by atoms with van der Waals surface area (Å²) in [5, 5.41) is 0. The molecule has 0 unspecified atom stereocenters. The van der Waals surface area contributed by atoms with Gasteiger partial charge in [0.05, 0.1) is 18.9 Å². The predicted molar refractivity (Wildman–Crippen MR) is 94.0 cm³/mol. The first-order valence-corrected chi connectivity index (χ1v) is 8.18. The van der Waals surface area contributed by atoms with E-state index in [1.807, 2.05) is 30.3 Å². The molecular weight excluding hydrogens is 288 g/mol. The summed E-state index contributed by atoms with van der Waals surface area (Å²) in [6.45, 7) is 5.70. The molecule has 0 aliphatic carbocycles. The summed E-state index contributed by atoms with van der Waals surface area (Å²) in [4.78, 5) is 9.14. The zero-order chi connectivity index (χ0) is 15.9. The van der Waals surface area contributed by atoms with Crippen molar-refractivity contribution in [1.82, 2.24) is 9.88 Å². The minimum absolute atomic E-state index is 0.711. The first kappa shape index (κ1) is 15.8. The third-order valence-electron chi connectivity index (χ3n) is 4.10. The molecule has 5 heteroatoms. The number of aromatic nitrogens is 1. The molecule has 2 heterocycles. The molecule has 2 aromatic rings. The number of benzene rings is 1. The van der Waals surface area contributed by atoms with E-state index in [0.717, 1.165) is 57.3 Å². The molecule has 1 aliphatic heterocycles. The third-order valence-corrected chi connectivity index (χ3v) is 4.10. The quantitative estimate of drug-likeness (QED) is 0.888. The van der Waals surface area contributed by atoms with Crippen LogP contribution < -0.4 is 10.6 Å². The maximum Gasteiger partial charge on any atom is 0.156 e. The lowest BCUT2D eigenvalue weighted by Crippen LogP contribution is -2.37. The molecule has 0 amide bonds. The van der Waals surface area contributed by atoms with Crippen molar-refractivity contribution < 1.29 is 4.74 Å². The van der Waals surface area contributed by atoms with Gasteiger partial charge in [0.2, 0.25) is 0 Å². The molecular formula is C18H24N4O. The fourth-order valence-corrected chi connectivity index (χ4v) is 2.88. The second-order valence-electron chi connectivity index (χ2n) is 5.71. The van der Waals surface area contributed by atoms with Gasteiger partial charge in [-0.1, -0.05) is 18.2 Å². The molecule has 1 aromatic heterocycles. The van der Waals surface area contributed by atoms with Crippen LogP contribution in [0.4, 0.5) is 17.2 Å². The molecule has 3 rings (SSSR count). The van der Waals surface area contributed by atoms with E-state index in [1.165, 1.54) is 0 Å². The molecule has 1 aliphatic rings. The second-order valence-corrected chi connectivity index (χ2v) is 5.71. The first-order chi connectivity index (χ1) is 11.3. The van der Waals surface area contributed by atoms with Crippen molar-refractivity contribution in [2.75, 3.05) is 50.0 Å². The van der Waals surface area contributed by atoms with Crippen molar-refractivity contribution in [3.8, 4) is 0 Å². The van der Waals surface area contributed by atoms with Crippen molar-refractivity contribution in [3.63, 3.8) is 0 Å². The van der Waals surface area contributed by atoms with E-state index in [1.54, 1.807) is 6.20 Å². The first-order valence-electron chi connectivity index (χ1n) is 8.18. The maximum absolute atomic E-state index is 6.14. The molecule has 1 saturated heterocycles.